The SMILES string of the molecule is CCOC(=O)C1=C(c2ccccc2)NC(=O)NC1c1ccc(NC(=O)c2ccccc2C(=O)O)cc1. The Hall–Kier alpha value is -4.92. The van der Waals surface area contributed by atoms with E-state index in [0.717, 1.165) is 0 Å². The summed E-state index contributed by atoms with van der Waals surface area (Å²) in [6.07, 6.45) is 0. The van der Waals surface area contributed by atoms with Crippen LogP contribution in [-0.2, 0) is 9.53 Å². The number of aromatic carboxylic acids is 1. The minimum atomic E-state index is -1.20. The van der Waals surface area contributed by atoms with Crippen molar-refractivity contribution in [3.05, 3.63) is 107 Å². The normalized spacial score (nSPS) is 14.9. The highest BCUT2D eigenvalue weighted by Crippen LogP contribution is 2.32. The van der Waals surface area contributed by atoms with E-state index in [1.165, 1.54) is 12.1 Å². The molecule has 9 heteroatoms. The van der Waals surface area contributed by atoms with Gasteiger partial charge in [0.15, 0.2) is 0 Å². The van der Waals surface area contributed by atoms with Gasteiger partial charge in [0.2, 0.25) is 0 Å². The highest BCUT2D eigenvalue weighted by Gasteiger charge is 2.34. The molecule has 3 aromatic rings. The summed E-state index contributed by atoms with van der Waals surface area (Å²) in [4.78, 5) is 49.5. The van der Waals surface area contributed by atoms with Gasteiger partial charge in [-0.3, -0.25) is 4.79 Å². The molecule has 4 N–H and O–H groups in total. The van der Waals surface area contributed by atoms with Crippen LogP contribution in [0.4, 0.5) is 10.5 Å². The van der Waals surface area contributed by atoms with Crippen LogP contribution in [0.5, 0.6) is 0 Å². The zero-order valence-corrected chi connectivity index (χ0v) is 19.3. The van der Waals surface area contributed by atoms with Crippen molar-refractivity contribution in [3.63, 3.8) is 0 Å². The molecule has 1 unspecified atom stereocenters. The van der Waals surface area contributed by atoms with Gasteiger partial charge < -0.3 is 25.8 Å². The van der Waals surface area contributed by atoms with Crippen LogP contribution in [-0.4, -0.2) is 35.6 Å². The number of esters is 1. The Labute approximate surface area is 206 Å². The zero-order chi connectivity index (χ0) is 25.7. The fraction of sp³-hybridized carbons (Fsp3) is 0.111. The smallest absolute Gasteiger partial charge is 0.338 e. The summed E-state index contributed by atoms with van der Waals surface area (Å²) >= 11 is 0. The number of benzene rings is 3. The van der Waals surface area contributed by atoms with E-state index in [1.807, 2.05) is 6.07 Å². The Kier molecular flexibility index (Phi) is 7.10. The number of carboxylic acid groups (broad SMARTS) is 1. The molecule has 4 rings (SSSR count). The topological polar surface area (TPSA) is 134 Å². The molecule has 9 nitrogen and oxygen atoms in total. The molecule has 1 atom stereocenters. The van der Waals surface area contributed by atoms with Gasteiger partial charge in [0.05, 0.1) is 35.0 Å². The third kappa shape index (κ3) is 5.10. The number of hydrogen-bond acceptors (Lipinski definition) is 5. The van der Waals surface area contributed by atoms with Crippen LogP contribution in [0.2, 0.25) is 0 Å². The van der Waals surface area contributed by atoms with Crippen molar-refractivity contribution >= 4 is 35.3 Å². The minimum Gasteiger partial charge on any atom is -0.478 e. The molecule has 1 heterocycles. The summed E-state index contributed by atoms with van der Waals surface area (Å²) in [6.45, 7) is 1.86. The second kappa shape index (κ2) is 10.6. The second-order valence-electron chi connectivity index (χ2n) is 7.83. The predicted molar refractivity (Wildman–Crippen MR) is 132 cm³/mol. The lowest BCUT2D eigenvalue weighted by Gasteiger charge is -2.29. The Morgan fingerprint density at radius 2 is 1.56 bits per heavy atom. The fourth-order valence-corrected chi connectivity index (χ4v) is 3.90. The van der Waals surface area contributed by atoms with Gasteiger partial charge in [-0.1, -0.05) is 54.6 Å². The van der Waals surface area contributed by atoms with E-state index >= 15 is 0 Å². The highest BCUT2D eigenvalue weighted by molar-refractivity contribution is 6.10. The quantitative estimate of drug-likeness (QED) is 0.374. The van der Waals surface area contributed by atoms with Crippen LogP contribution >= 0.6 is 0 Å². The van der Waals surface area contributed by atoms with E-state index in [-0.39, 0.29) is 23.3 Å². The molecule has 1 aliphatic heterocycles. The Morgan fingerprint density at radius 3 is 2.19 bits per heavy atom. The monoisotopic (exact) mass is 485 g/mol. The molecule has 0 fully saturated rings. The lowest BCUT2D eigenvalue weighted by atomic mass is 9.92. The van der Waals surface area contributed by atoms with Gasteiger partial charge in [0.25, 0.3) is 5.91 Å². The number of hydrogen-bond donors (Lipinski definition) is 4. The lowest BCUT2D eigenvalue weighted by Crippen LogP contribution is -2.45. The Bertz CT molecular complexity index is 1350. The summed E-state index contributed by atoms with van der Waals surface area (Å²) < 4.78 is 5.28. The molecule has 0 bridgehead atoms. The second-order valence-corrected chi connectivity index (χ2v) is 7.83. The molecule has 0 aromatic heterocycles. The largest absolute Gasteiger partial charge is 0.478 e. The maximum Gasteiger partial charge on any atom is 0.338 e. The molecule has 0 aliphatic carbocycles. The minimum absolute atomic E-state index is 0.0275. The molecule has 3 amide bonds. The van der Waals surface area contributed by atoms with Crippen LogP contribution in [0.1, 0.15) is 44.8 Å². The van der Waals surface area contributed by atoms with Crippen molar-refractivity contribution in [1.29, 1.82) is 0 Å². The van der Waals surface area contributed by atoms with E-state index in [4.69, 9.17) is 4.74 Å². The van der Waals surface area contributed by atoms with Crippen LogP contribution < -0.4 is 16.0 Å². The molecule has 1 aliphatic rings. The first-order chi connectivity index (χ1) is 17.4. The van der Waals surface area contributed by atoms with Gasteiger partial charge in [-0.25, -0.2) is 14.4 Å². The van der Waals surface area contributed by atoms with Crippen LogP contribution in [0.15, 0.2) is 84.4 Å². The highest BCUT2D eigenvalue weighted by atomic mass is 16.5. The van der Waals surface area contributed by atoms with Crippen molar-refractivity contribution in [2.24, 2.45) is 0 Å². The van der Waals surface area contributed by atoms with Gasteiger partial charge in [-0.15, -0.1) is 0 Å². The number of carbonyl (C=O) groups excluding carboxylic acids is 3. The zero-order valence-electron chi connectivity index (χ0n) is 19.3. The molecule has 36 heavy (non-hydrogen) atoms. The Morgan fingerprint density at radius 1 is 0.917 bits per heavy atom. The maximum atomic E-state index is 13.0. The average molecular weight is 485 g/mol. The Balaban J connectivity index is 1.65. The first kappa shape index (κ1) is 24.2. The number of carbonyl (C=O) groups is 4. The van der Waals surface area contributed by atoms with Crippen molar-refractivity contribution < 1.29 is 29.0 Å². The van der Waals surface area contributed by atoms with Gasteiger partial charge in [0, 0.05) is 5.69 Å². The van der Waals surface area contributed by atoms with Crippen LogP contribution in [0.3, 0.4) is 0 Å². The fourth-order valence-electron chi connectivity index (χ4n) is 3.90. The number of carboxylic acids is 1. The van der Waals surface area contributed by atoms with Gasteiger partial charge in [0.1, 0.15) is 0 Å². The van der Waals surface area contributed by atoms with Crippen molar-refractivity contribution in [3.8, 4) is 0 Å². The molecular formula is C27H23N3O6. The third-order valence-electron chi connectivity index (χ3n) is 5.53. The van der Waals surface area contributed by atoms with Gasteiger partial charge in [-0.05, 0) is 42.3 Å². The number of rotatable bonds is 7. The molecule has 0 radical (unpaired) electrons. The van der Waals surface area contributed by atoms with E-state index < -0.39 is 29.9 Å². The molecule has 182 valence electrons. The maximum absolute atomic E-state index is 13.0. The van der Waals surface area contributed by atoms with Crippen LogP contribution in [0.25, 0.3) is 5.70 Å². The third-order valence-corrected chi connectivity index (χ3v) is 5.53. The molecule has 0 saturated heterocycles. The first-order valence-corrected chi connectivity index (χ1v) is 11.2. The molecule has 0 spiro atoms. The van der Waals surface area contributed by atoms with Gasteiger partial charge in [-0.2, -0.15) is 0 Å². The molecule has 3 aromatic carbocycles. The van der Waals surface area contributed by atoms with Crippen LogP contribution in [0, 0.1) is 0 Å². The summed E-state index contributed by atoms with van der Waals surface area (Å²) in [5.74, 6) is -2.35. The number of anilines is 1. The standard InChI is InChI=1S/C27H23N3O6/c1-2-36-26(34)21-22(16-8-4-3-5-9-16)29-27(35)30-23(21)17-12-14-18(15-13-17)28-24(31)19-10-6-7-11-20(19)25(32)33/h3-15,23H,2H2,1H3,(H,28,31)(H,32,33)(H2,29,30,35). The molecular weight excluding hydrogens is 462 g/mol. The summed E-state index contributed by atoms with van der Waals surface area (Å²) in [6, 6.07) is 20.2. The number of nitrogens with one attached hydrogen (secondary N) is 3. The first-order valence-electron chi connectivity index (χ1n) is 11.2. The van der Waals surface area contributed by atoms with Crippen molar-refractivity contribution in [1.82, 2.24) is 10.6 Å². The van der Waals surface area contributed by atoms with E-state index in [2.05, 4.69) is 16.0 Å². The lowest BCUT2D eigenvalue weighted by molar-refractivity contribution is -0.138. The number of amides is 3. The van der Waals surface area contributed by atoms with Crippen molar-refractivity contribution in [2.75, 3.05) is 11.9 Å². The van der Waals surface area contributed by atoms with Gasteiger partial charge >= 0.3 is 18.0 Å². The summed E-state index contributed by atoms with van der Waals surface area (Å²) in [5, 5.41) is 17.5. The molecule has 0 saturated carbocycles. The van der Waals surface area contributed by atoms with E-state index in [9.17, 15) is 24.3 Å². The summed E-state index contributed by atoms with van der Waals surface area (Å²) in [7, 11) is 0. The van der Waals surface area contributed by atoms with Crippen molar-refractivity contribution in [2.45, 2.75) is 13.0 Å². The number of urea groups is 1. The average Bonchev–Trinajstić information content (AvgIpc) is 2.89. The number of ether oxygens (including phenoxy) is 1. The van der Waals surface area contributed by atoms with E-state index in [1.54, 1.807) is 67.6 Å². The summed E-state index contributed by atoms with van der Waals surface area (Å²) in [5.41, 5.74) is 2.17. The van der Waals surface area contributed by atoms with E-state index in [0.29, 0.717) is 22.5 Å². The predicted octanol–water partition coefficient (Wildman–Crippen LogP) is 3.97.